The molecule has 2 heterocycles. The first-order valence-electron chi connectivity index (χ1n) is 7.22. The van der Waals surface area contributed by atoms with Gasteiger partial charge in [0.1, 0.15) is 5.01 Å². The summed E-state index contributed by atoms with van der Waals surface area (Å²) in [5, 5.41) is 12.6. The van der Waals surface area contributed by atoms with E-state index in [-0.39, 0.29) is 11.5 Å². The first-order valence-corrected chi connectivity index (χ1v) is 9.09. The van der Waals surface area contributed by atoms with Gasteiger partial charge in [0, 0.05) is 30.4 Å². The highest BCUT2D eigenvalue weighted by molar-refractivity contribution is 7.99. The zero-order valence-electron chi connectivity index (χ0n) is 12.9. The van der Waals surface area contributed by atoms with Gasteiger partial charge >= 0.3 is 0 Å². The van der Waals surface area contributed by atoms with Gasteiger partial charge in [-0.25, -0.2) is 9.97 Å². The molecule has 0 bridgehead atoms. The normalized spacial score (nSPS) is 11.8. The van der Waals surface area contributed by atoms with Crippen molar-refractivity contribution in [2.24, 2.45) is 7.05 Å². The molecule has 0 aliphatic heterocycles. The highest BCUT2D eigenvalue weighted by Crippen LogP contribution is 2.28. The van der Waals surface area contributed by atoms with Crippen molar-refractivity contribution in [3.8, 4) is 17.3 Å². The van der Waals surface area contributed by atoms with Crippen LogP contribution in [0.1, 0.15) is 10.9 Å². The fraction of sp³-hybridized carbons (Fsp3) is 0.176. The monoisotopic (exact) mass is 354 g/mol. The molecule has 1 aromatic carbocycles. The van der Waals surface area contributed by atoms with Crippen LogP contribution in [0.4, 0.5) is 0 Å². The molecule has 0 radical (unpaired) electrons. The van der Waals surface area contributed by atoms with Gasteiger partial charge in [-0.2, -0.15) is 5.26 Å². The maximum atomic E-state index is 12.4. The lowest BCUT2D eigenvalue weighted by Crippen LogP contribution is -2.13. The molecule has 0 unspecified atom stereocenters. The van der Waals surface area contributed by atoms with Gasteiger partial charge < -0.3 is 4.57 Å². The van der Waals surface area contributed by atoms with E-state index >= 15 is 0 Å². The highest BCUT2D eigenvalue weighted by atomic mass is 32.2. The Hall–Kier alpha value is -2.43. The third-order valence-corrected chi connectivity index (χ3v) is 5.40. The summed E-state index contributed by atoms with van der Waals surface area (Å²) in [6.07, 6.45) is 3.50. The molecule has 0 saturated heterocycles. The summed E-state index contributed by atoms with van der Waals surface area (Å²) < 4.78 is 1.84. The lowest BCUT2D eigenvalue weighted by Gasteiger charge is -2.05. The number of nitriles is 1. The number of thioether (sulfide) groups is 1. The number of benzene rings is 1. The van der Waals surface area contributed by atoms with Crippen molar-refractivity contribution < 1.29 is 4.79 Å². The van der Waals surface area contributed by atoms with Crippen molar-refractivity contribution in [2.45, 2.75) is 11.1 Å². The Kier molecular flexibility index (Phi) is 5.08. The van der Waals surface area contributed by atoms with Gasteiger partial charge in [-0.3, -0.25) is 4.79 Å². The number of ketones is 1. The minimum Gasteiger partial charge on any atom is -0.329 e. The Bertz CT molecular complexity index is 879. The summed E-state index contributed by atoms with van der Waals surface area (Å²) in [4.78, 5) is 21.1. The number of rotatable bonds is 6. The van der Waals surface area contributed by atoms with Crippen LogP contribution in [-0.4, -0.2) is 26.1 Å². The standard InChI is InChI=1S/C17H14N4OS2/c1-21-8-7-19-17(21)24-11-15(22)13(9-18)16-20-14(10-23-16)12-5-3-2-4-6-12/h2-8,10,13H,11H2,1H3/t13-/m0/s1. The number of Topliss-reactive ketones (excluding diaryl/α,β-unsaturated/α-hetero) is 1. The minimum absolute atomic E-state index is 0.153. The smallest absolute Gasteiger partial charge is 0.168 e. The quantitative estimate of drug-likeness (QED) is 0.634. The fourth-order valence-corrected chi connectivity index (χ4v) is 3.87. The van der Waals surface area contributed by atoms with Crippen LogP contribution in [0.25, 0.3) is 11.3 Å². The lowest BCUT2D eigenvalue weighted by atomic mass is 10.1. The van der Waals surface area contributed by atoms with Gasteiger partial charge in [-0.05, 0) is 0 Å². The van der Waals surface area contributed by atoms with Gasteiger partial charge in [0.15, 0.2) is 16.9 Å². The first-order chi connectivity index (χ1) is 11.7. The van der Waals surface area contributed by atoms with Crippen molar-refractivity contribution in [1.29, 1.82) is 5.26 Å². The van der Waals surface area contributed by atoms with E-state index in [0.29, 0.717) is 5.01 Å². The number of thiazole rings is 1. The second-order valence-electron chi connectivity index (χ2n) is 5.07. The van der Waals surface area contributed by atoms with Gasteiger partial charge in [0.2, 0.25) is 0 Å². The number of carbonyl (C=O) groups is 1. The Morgan fingerprint density at radius 3 is 2.88 bits per heavy atom. The van der Waals surface area contributed by atoms with Crippen molar-refractivity contribution in [3.05, 3.63) is 53.1 Å². The second kappa shape index (κ2) is 7.43. The third-order valence-electron chi connectivity index (χ3n) is 3.41. The molecular weight excluding hydrogens is 340 g/mol. The molecule has 0 aliphatic rings. The van der Waals surface area contributed by atoms with Crippen LogP contribution in [-0.2, 0) is 11.8 Å². The summed E-state index contributed by atoms with van der Waals surface area (Å²) in [7, 11) is 1.87. The van der Waals surface area contributed by atoms with Crippen molar-refractivity contribution in [3.63, 3.8) is 0 Å². The van der Waals surface area contributed by atoms with Gasteiger partial charge in [0.05, 0.1) is 17.5 Å². The average Bonchev–Trinajstić information content (AvgIpc) is 3.24. The summed E-state index contributed by atoms with van der Waals surface area (Å²) in [6, 6.07) is 11.8. The molecule has 0 fully saturated rings. The van der Waals surface area contributed by atoms with Crippen LogP contribution in [0.3, 0.4) is 0 Å². The Labute approximate surface area is 148 Å². The second-order valence-corrected chi connectivity index (χ2v) is 6.91. The molecule has 0 aliphatic carbocycles. The molecule has 0 N–H and O–H groups in total. The fourth-order valence-electron chi connectivity index (χ4n) is 2.14. The maximum Gasteiger partial charge on any atom is 0.168 e. The molecule has 24 heavy (non-hydrogen) atoms. The number of hydrogen-bond acceptors (Lipinski definition) is 6. The molecule has 120 valence electrons. The number of hydrogen-bond donors (Lipinski definition) is 0. The van der Waals surface area contributed by atoms with Crippen molar-refractivity contribution >= 4 is 28.9 Å². The molecular formula is C17H14N4OS2. The largest absolute Gasteiger partial charge is 0.329 e. The van der Waals surface area contributed by atoms with E-state index in [4.69, 9.17) is 0 Å². The van der Waals surface area contributed by atoms with Gasteiger partial charge in [-0.1, -0.05) is 42.1 Å². The summed E-state index contributed by atoms with van der Waals surface area (Å²) >= 11 is 2.68. The summed E-state index contributed by atoms with van der Waals surface area (Å²) in [5.41, 5.74) is 1.77. The lowest BCUT2D eigenvalue weighted by molar-refractivity contribution is -0.116. The van der Waals surface area contributed by atoms with Gasteiger partial charge in [0.25, 0.3) is 0 Å². The molecule has 5 nitrogen and oxygen atoms in total. The number of carbonyl (C=O) groups excluding carboxylic acids is 1. The zero-order valence-corrected chi connectivity index (χ0v) is 14.5. The van der Waals surface area contributed by atoms with Crippen LogP contribution in [0.15, 0.2) is 53.3 Å². The van der Waals surface area contributed by atoms with E-state index in [9.17, 15) is 10.1 Å². The molecule has 7 heteroatoms. The predicted octanol–water partition coefficient (Wildman–Crippen LogP) is 3.51. The molecule has 3 aromatic rings. The van der Waals surface area contributed by atoms with E-state index in [1.54, 1.807) is 6.20 Å². The molecule has 0 spiro atoms. The Morgan fingerprint density at radius 1 is 1.42 bits per heavy atom. The van der Waals surface area contributed by atoms with E-state index in [0.717, 1.165) is 16.4 Å². The maximum absolute atomic E-state index is 12.4. The Balaban J connectivity index is 1.72. The van der Waals surface area contributed by atoms with Crippen LogP contribution in [0.5, 0.6) is 0 Å². The van der Waals surface area contributed by atoms with E-state index in [1.165, 1.54) is 23.1 Å². The molecule has 3 rings (SSSR count). The van der Waals surface area contributed by atoms with E-state index < -0.39 is 5.92 Å². The van der Waals surface area contributed by atoms with Crippen LogP contribution in [0.2, 0.25) is 0 Å². The average molecular weight is 354 g/mol. The SMILES string of the molecule is Cn1ccnc1SCC(=O)[C@H](C#N)c1nc(-c2ccccc2)cs1. The topological polar surface area (TPSA) is 71.6 Å². The van der Waals surface area contributed by atoms with Crippen molar-refractivity contribution in [1.82, 2.24) is 14.5 Å². The van der Waals surface area contributed by atoms with E-state index in [1.807, 2.05) is 53.5 Å². The number of nitrogens with zero attached hydrogens (tertiary/aromatic N) is 4. The minimum atomic E-state index is -0.833. The zero-order chi connectivity index (χ0) is 16.9. The third kappa shape index (κ3) is 3.55. The van der Waals surface area contributed by atoms with Gasteiger partial charge in [-0.15, -0.1) is 11.3 Å². The van der Waals surface area contributed by atoms with Crippen LogP contribution >= 0.6 is 23.1 Å². The number of aryl methyl sites for hydroxylation is 1. The molecule has 0 saturated carbocycles. The highest BCUT2D eigenvalue weighted by Gasteiger charge is 2.24. The predicted molar refractivity (Wildman–Crippen MR) is 94.8 cm³/mol. The van der Waals surface area contributed by atoms with Crippen LogP contribution < -0.4 is 0 Å². The van der Waals surface area contributed by atoms with Crippen molar-refractivity contribution in [2.75, 3.05) is 5.75 Å². The van der Waals surface area contributed by atoms with Crippen LogP contribution in [0, 0.1) is 11.3 Å². The van der Waals surface area contributed by atoms with E-state index in [2.05, 4.69) is 16.0 Å². The Morgan fingerprint density at radius 2 is 2.21 bits per heavy atom. The number of imidazole rings is 1. The summed E-state index contributed by atoms with van der Waals surface area (Å²) in [6.45, 7) is 0. The molecule has 2 aromatic heterocycles. The number of aromatic nitrogens is 3. The summed E-state index contributed by atoms with van der Waals surface area (Å²) in [5.74, 6) is -0.789. The molecule has 1 atom stereocenters. The molecule has 0 amide bonds. The first kappa shape index (κ1) is 16.4.